The van der Waals surface area contributed by atoms with Crippen LogP contribution in [0.25, 0.3) is 0 Å². The lowest BCUT2D eigenvalue weighted by Gasteiger charge is -2.14. The Hall–Kier alpha value is -0.890. The minimum absolute atomic E-state index is 0.592. The molecule has 0 saturated carbocycles. The molecule has 0 aliphatic carbocycles. The van der Waals surface area contributed by atoms with Gasteiger partial charge in [0.2, 0.25) is 0 Å². The van der Waals surface area contributed by atoms with Crippen LogP contribution in [0.4, 0.5) is 0 Å². The van der Waals surface area contributed by atoms with Crippen LogP contribution in [0.15, 0.2) is 24.5 Å². The molecule has 1 heterocycles. The lowest BCUT2D eigenvalue weighted by molar-refractivity contribution is 0.513. The van der Waals surface area contributed by atoms with E-state index in [0.29, 0.717) is 6.04 Å². The third-order valence-electron chi connectivity index (χ3n) is 2.25. The molecule has 0 saturated heterocycles. The Morgan fingerprint density at radius 1 is 1.54 bits per heavy atom. The van der Waals surface area contributed by atoms with E-state index in [1.807, 2.05) is 25.5 Å². The van der Waals surface area contributed by atoms with Crippen LogP contribution in [0.2, 0.25) is 0 Å². The Kier molecular flexibility index (Phi) is 4.47. The van der Waals surface area contributed by atoms with Gasteiger partial charge >= 0.3 is 0 Å². The number of hydrogen-bond acceptors (Lipinski definition) is 2. The minimum Gasteiger partial charge on any atom is -0.317 e. The molecule has 72 valence electrons. The third kappa shape index (κ3) is 3.55. The zero-order chi connectivity index (χ0) is 9.52. The molecular formula is C11H18N2. The second-order valence-electron chi connectivity index (χ2n) is 3.34. The largest absolute Gasteiger partial charge is 0.317 e. The van der Waals surface area contributed by atoms with Crippen molar-refractivity contribution in [3.8, 4) is 0 Å². The van der Waals surface area contributed by atoms with E-state index < -0.39 is 0 Å². The fourth-order valence-electron chi connectivity index (χ4n) is 1.50. The molecule has 2 heteroatoms. The number of rotatable bonds is 5. The van der Waals surface area contributed by atoms with Gasteiger partial charge in [-0.3, -0.25) is 4.98 Å². The molecule has 0 aliphatic heterocycles. The van der Waals surface area contributed by atoms with E-state index in [1.165, 1.54) is 18.4 Å². The summed E-state index contributed by atoms with van der Waals surface area (Å²) >= 11 is 0. The molecule has 0 amide bonds. The first-order valence-corrected chi connectivity index (χ1v) is 4.93. The van der Waals surface area contributed by atoms with Crippen molar-refractivity contribution in [1.29, 1.82) is 0 Å². The molecule has 1 atom stereocenters. The van der Waals surface area contributed by atoms with Crippen molar-refractivity contribution in [2.75, 3.05) is 7.05 Å². The number of aromatic nitrogens is 1. The van der Waals surface area contributed by atoms with Crippen molar-refractivity contribution in [1.82, 2.24) is 10.3 Å². The Morgan fingerprint density at radius 3 is 2.92 bits per heavy atom. The van der Waals surface area contributed by atoms with Gasteiger partial charge in [-0.15, -0.1) is 0 Å². The number of nitrogens with one attached hydrogen (secondary N) is 1. The average molecular weight is 178 g/mol. The van der Waals surface area contributed by atoms with Crippen molar-refractivity contribution in [3.05, 3.63) is 30.1 Å². The fourth-order valence-corrected chi connectivity index (χ4v) is 1.50. The molecule has 0 radical (unpaired) electrons. The van der Waals surface area contributed by atoms with Crippen LogP contribution in [0.5, 0.6) is 0 Å². The molecule has 13 heavy (non-hydrogen) atoms. The Labute approximate surface area is 80.4 Å². The minimum atomic E-state index is 0.592. The first kappa shape index (κ1) is 10.2. The van der Waals surface area contributed by atoms with Gasteiger partial charge in [-0.25, -0.2) is 0 Å². The molecule has 1 N–H and O–H groups in total. The van der Waals surface area contributed by atoms with Gasteiger partial charge in [-0.2, -0.15) is 0 Å². The molecule has 0 spiro atoms. The highest BCUT2D eigenvalue weighted by Crippen LogP contribution is 2.05. The van der Waals surface area contributed by atoms with Gasteiger partial charge in [-0.05, 0) is 31.5 Å². The summed E-state index contributed by atoms with van der Waals surface area (Å²) in [5.74, 6) is 0. The Morgan fingerprint density at radius 2 is 2.38 bits per heavy atom. The summed E-state index contributed by atoms with van der Waals surface area (Å²) in [4.78, 5) is 4.10. The van der Waals surface area contributed by atoms with E-state index in [-0.39, 0.29) is 0 Å². The van der Waals surface area contributed by atoms with Crippen molar-refractivity contribution >= 4 is 0 Å². The maximum absolute atomic E-state index is 4.10. The highest BCUT2D eigenvalue weighted by atomic mass is 14.9. The van der Waals surface area contributed by atoms with Gasteiger partial charge in [-0.1, -0.05) is 19.4 Å². The van der Waals surface area contributed by atoms with Crippen LogP contribution in [0.3, 0.4) is 0 Å². The van der Waals surface area contributed by atoms with E-state index in [9.17, 15) is 0 Å². The van der Waals surface area contributed by atoms with Crippen molar-refractivity contribution in [3.63, 3.8) is 0 Å². The third-order valence-corrected chi connectivity index (χ3v) is 2.25. The highest BCUT2D eigenvalue weighted by Gasteiger charge is 2.04. The van der Waals surface area contributed by atoms with E-state index in [2.05, 4.69) is 23.3 Å². The smallest absolute Gasteiger partial charge is 0.0300 e. The predicted molar refractivity (Wildman–Crippen MR) is 55.7 cm³/mol. The zero-order valence-corrected chi connectivity index (χ0v) is 8.46. The normalized spacial score (nSPS) is 12.8. The van der Waals surface area contributed by atoms with Gasteiger partial charge in [0.25, 0.3) is 0 Å². The van der Waals surface area contributed by atoms with Gasteiger partial charge in [0.15, 0.2) is 0 Å². The average Bonchev–Trinajstić information content (AvgIpc) is 2.19. The lowest BCUT2D eigenvalue weighted by atomic mass is 10.0. The van der Waals surface area contributed by atoms with E-state index in [0.717, 1.165) is 6.42 Å². The molecule has 0 bridgehead atoms. The molecule has 1 aromatic heterocycles. The van der Waals surface area contributed by atoms with Crippen molar-refractivity contribution < 1.29 is 0 Å². The monoisotopic (exact) mass is 178 g/mol. The second kappa shape index (κ2) is 5.70. The van der Waals surface area contributed by atoms with Crippen LogP contribution in [-0.2, 0) is 6.42 Å². The zero-order valence-electron chi connectivity index (χ0n) is 8.46. The molecule has 0 aromatic carbocycles. The van der Waals surface area contributed by atoms with Crippen LogP contribution in [0.1, 0.15) is 25.3 Å². The molecule has 1 aromatic rings. The van der Waals surface area contributed by atoms with Gasteiger partial charge < -0.3 is 5.32 Å². The summed E-state index contributed by atoms with van der Waals surface area (Å²) < 4.78 is 0. The molecule has 0 fully saturated rings. The second-order valence-corrected chi connectivity index (χ2v) is 3.34. The van der Waals surface area contributed by atoms with E-state index in [1.54, 1.807) is 0 Å². The number of hydrogen-bond donors (Lipinski definition) is 1. The SMILES string of the molecule is CCCC(Cc1cccnc1)NC. The molecular weight excluding hydrogens is 160 g/mol. The topological polar surface area (TPSA) is 24.9 Å². The Bertz CT molecular complexity index is 221. The standard InChI is InChI=1S/C11H18N2/c1-3-5-11(12-2)8-10-6-4-7-13-9-10/h4,6-7,9,11-12H,3,5,8H2,1-2H3. The van der Waals surface area contributed by atoms with Gasteiger partial charge in [0, 0.05) is 18.4 Å². The first-order valence-electron chi connectivity index (χ1n) is 4.93. The van der Waals surface area contributed by atoms with Gasteiger partial charge in [0.05, 0.1) is 0 Å². The maximum Gasteiger partial charge on any atom is 0.0300 e. The maximum atomic E-state index is 4.10. The molecule has 2 nitrogen and oxygen atoms in total. The number of pyridine rings is 1. The summed E-state index contributed by atoms with van der Waals surface area (Å²) in [5, 5.41) is 3.32. The summed E-state index contributed by atoms with van der Waals surface area (Å²) in [6.45, 7) is 2.22. The quantitative estimate of drug-likeness (QED) is 0.746. The van der Waals surface area contributed by atoms with Crippen molar-refractivity contribution in [2.24, 2.45) is 0 Å². The Balaban J connectivity index is 2.46. The molecule has 0 aliphatic rings. The fraction of sp³-hybridized carbons (Fsp3) is 0.545. The predicted octanol–water partition coefficient (Wildman–Crippen LogP) is 2.01. The van der Waals surface area contributed by atoms with Crippen LogP contribution >= 0.6 is 0 Å². The van der Waals surface area contributed by atoms with E-state index in [4.69, 9.17) is 0 Å². The van der Waals surface area contributed by atoms with E-state index >= 15 is 0 Å². The molecule has 1 rings (SSSR count). The summed E-state index contributed by atoms with van der Waals surface area (Å²) in [6, 6.07) is 4.72. The van der Waals surface area contributed by atoms with Crippen LogP contribution in [-0.4, -0.2) is 18.1 Å². The summed E-state index contributed by atoms with van der Waals surface area (Å²) in [6.07, 6.45) is 7.30. The number of nitrogens with zero attached hydrogens (tertiary/aromatic N) is 1. The van der Waals surface area contributed by atoms with Gasteiger partial charge in [0.1, 0.15) is 0 Å². The summed E-state index contributed by atoms with van der Waals surface area (Å²) in [7, 11) is 2.02. The highest BCUT2D eigenvalue weighted by molar-refractivity contribution is 5.09. The van der Waals surface area contributed by atoms with Crippen molar-refractivity contribution in [2.45, 2.75) is 32.2 Å². The summed E-state index contributed by atoms with van der Waals surface area (Å²) in [5.41, 5.74) is 1.32. The number of likely N-dealkylation sites (N-methyl/N-ethyl adjacent to an activating group) is 1. The van der Waals surface area contributed by atoms with Crippen LogP contribution < -0.4 is 5.32 Å². The molecule has 1 unspecified atom stereocenters. The lowest BCUT2D eigenvalue weighted by Crippen LogP contribution is -2.27. The first-order chi connectivity index (χ1) is 6.36. The van der Waals surface area contributed by atoms with Crippen LogP contribution in [0, 0.1) is 0 Å².